The first kappa shape index (κ1) is 30.6. The lowest BCUT2D eigenvalue weighted by atomic mass is 9.83. The molecule has 1 aliphatic heterocycles. The second-order valence-electron chi connectivity index (χ2n) is 12.2. The maximum absolute atomic E-state index is 13.2. The number of aliphatic hydroxyl groups excluding tert-OH is 1. The Hall–Kier alpha value is -2.89. The molecule has 5 amide bonds. The molecule has 3 aliphatic rings. The normalized spacial score (nSPS) is 23.4. The number of aliphatic hydroxyl groups is 1. The lowest BCUT2D eigenvalue weighted by Gasteiger charge is -2.31. The van der Waals surface area contributed by atoms with Crippen molar-refractivity contribution in [2.75, 3.05) is 19.6 Å². The van der Waals surface area contributed by atoms with E-state index in [1.807, 2.05) is 6.92 Å². The fourth-order valence-electron chi connectivity index (χ4n) is 5.18. The summed E-state index contributed by atoms with van der Waals surface area (Å²) in [4.78, 5) is 65.0. The minimum absolute atomic E-state index is 0.0600. The van der Waals surface area contributed by atoms with Crippen LogP contribution in [0.3, 0.4) is 0 Å². The summed E-state index contributed by atoms with van der Waals surface area (Å²) < 4.78 is 5.35. The maximum atomic E-state index is 13.2. The fraction of sp³-hybridized carbons (Fsp3) is 0.815. The Balaban J connectivity index is 1.54. The molecule has 0 radical (unpaired) electrons. The van der Waals surface area contributed by atoms with Crippen molar-refractivity contribution in [3.05, 3.63) is 0 Å². The van der Waals surface area contributed by atoms with E-state index in [4.69, 9.17) is 4.74 Å². The highest BCUT2D eigenvalue weighted by Gasteiger charge is 2.39. The summed E-state index contributed by atoms with van der Waals surface area (Å²) in [5, 5.41) is 20.7. The molecule has 4 atom stereocenters. The first-order chi connectivity index (χ1) is 18.3. The van der Waals surface area contributed by atoms with E-state index in [-0.39, 0.29) is 31.0 Å². The number of alkyl carbamates (subject to hydrolysis) is 1. The Bertz CT molecular complexity index is 911. The van der Waals surface area contributed by atoms with Gasteiger partial charge >= 0.3 is 6.09 Å². The summed E-state index contributed by atoms with van der Waals surface area (Å²) in [6.07, 6.45) is 4.73. The van der Waals surface area contributed by atoms with Gasteiger partial charge in [-0.1, -0.05) is 26.2 Å². The average Bonchev–Trinajstić information content (AvgIpc) is 3.60. The summed E-state index contributed by atoms with van der Waals surface area (Å²) >= 11 is 0. The number of hydrogen-bond donors (Lipinski definition) is 5. The van der Waals surface area contributed by atoms with Crippen LogP contribution in [0, 0.1) is 11.8 Å². The van der Waals surface area contributed by atoms with Gasteiger partial charge in [0, 0.05) is 12.6 Å². The third-order valence-electron chi connectivity index (χ3n) is 7.32. The molecule has 5 N–H and O–H groups in total. The van der Waals surface area contributed by atoms with Crippen LogP contribution in [0.25, 0.3) is 0 Å². The Morgan fingerprint density at radius 1 is 0.974 bits per heavy atom. The van der Waals surface area contributed by atoms with Crippen LogP contribution in [0.2, 0.25) is 0 Å². The Morgan fingerprint density at radius 2 is 1.64 bits per heavy atom. The van der Waals surface area contributed by atoms with Gasteiger partial charge in [-0.25, -0.2) is 4.79 Å². The zero-order chi connectivity index (χ0) is 28.7. The van der Waals surface area contributed by atoms with Gasteiger partial charge in [-0.15, -0.1) is 0 Å². The van der Waals surface area contributed by atoms with Crippen molar-refractivity contribution in [2.24, 2.45) is 11.8 Å². The van der Waals surface area contributed by atoms with Crippen LogP contribution < -0.4 is 21.3 Å². The predicted molar refractivity (Wildman–Crippen MR) is 142 cm³/mol. The van der Waals surface area contributed by atoms with Crippen LogP contribution in [0.1, 0.15) is 79.1 Å². The number of likely N-dealkylation sites (tertiary alicyclic amines) is 1. The quantitative estimate of drug-likeness (QED) is 0.265. The topological polar surface area (TPSA) is 166 Å². The number of carbonyl (C=O) groups is 5. The number of ether oxygens (including phenoxy) is 1. The molecule has 12 nitrogen and oxygen atoms in total. The number of carbonyl (C=O) groups excluding carboxylic acids is 5. The van der Waals surface area contributed by atoms with E-state index >= 15 is 0 Å². The molecule has 0 aromatic rings. The minimum atomic E-state index is -1.37. The average molecular weight is 552 g/mol. The molecule has 220 valence electrons. The summed E-state index contributed by atoms with van der Waals surface area (Å²) in [7, 11) is 0. The molecule has 3 fully saturated rings. The van der Waals surface area contributed by atoms with Crippen molar-refractivity contribution in [3.63, 3.8) is 0 Å². The molecule has 4 unspecified atom stereocenters. The van der Waals surface area contributed by atoms with Gasteiger partial charge in [-0.2, -0.15) is 0 Å². The largest absolute Gasteiger partial charge is 0.444 e. The van der Waals surface area contributed by atoms with Gasteiger partial charge in [0.1, 0.15) is 23.8 Å². The number of nitrogens with zero attached hydrogens (tertiary/aromatic N) is 1. The molecule has 12 heteroatoms. The van der Waals surface area contributed by atoms with Gasteiger partial charge in [0.25, 0.3) is 5.91 Å². The molecule has 0 bridgehead atoms. The molecular formula is C27H45N5O7. The van der Waals surface area contributed by atoms with Crippen LogP contribution >= 0.6 is 0 Å². The van der Waals surface area contributed by atoms with Crippen molar-refractivity contribution in [3.8, 4) is 0 Å². The zero-order valence-electron chi connectivity index (χ0n) is 23.6. The van der Waals surface area contributed by atoms with E-state index in [2.05, 4.69) is 21.3 Å². The molecule has 0 aromatic heterocycles. The Morgan fingerprint density at radius 3 is 2.26 bits per heavy atom. The van der Waals surface area contributed by atoms with E-state index in [9.17, 15) is 29.1 Å². The molecule has 0 spiro atoms. The fourth-order valence-corrected chi connectivity index (χ4v) is 5.18. The lowest BCUT2D eigenvalue weighted by Crippen LogP contribution is -2.55. The summed E-state index contributed by atoms with van der Waals surface area (Å²) in [5.74, 6) is -1.86. The third-order valence-corrected chi connectivity index (χ3v) is 7.32. The van der Waals surface area contributed by atoms with Crippen LogP contribution in [0.15, 0.2) is 0 Å². The molecule has 3 rings (SSSR count). The maximum Gasteiger partial charge on any atom is 0.408 e. The van der Waals surface area contributed by atoms with E-state index < -0.39 is 53.5 Å². The number of amides is 5. The summed E-state index contributed by atoms with van der Waals surface area (Å²) in [6.45, 7) is 6.94. The van der Waals surface area contributed by atoms with Crippen molar-refractivity contribution in [1.29, 1.82) is 0 Å². The molecule has 1 heterocycles. The van der Waals surface area contributed by atoms with Crippen molar-refractivity contribution in [2.45, 2.75) is 109 Å². The van der Waals surface area contributed by atoms with Crippen LogP contribution in [-0.2, 0) is 23.9 Å². The highest BCUT2D eigenvalue weighted by molar-refractivity contribution is 5.93. The molecule has 2 aliphatic carbocycles. The smallest absolute Gasteiger partial charge is 0.408 e. The summed E-state index contributed by atoms with van der Waals surface area (Å²) in [5.41, 5.74) is -0.716. The number of rotatable bonds is 10. The van der Waals surface area contributed by atoms with Gasteiger partial charge in [0.15, 0.2) is 0 Å². The number of hydrogen-bond acceptors (Lipinski definition) is 7. The van der Waals surface area contributed by atoms with Crippen LogP contribution in [-0.4, -0.2) is 89.2 Å². The van der Waals surface area contributed by atoms with E-state index in [1.54, 1.807) is 20.8 Å². The van der Waals surface area contributed by atoms with E-state index in [0.717, 1.165) is 44.9 Å². The standard InChI is InChI=1S/C27H45N5O7/c1-16-12-19(23(35)28-13-20(33)24(36)30-18-10-11-18)32(15-16)21(34)14-29-25(37)22(17-8-6-5-7-9-17)31-26(38)39-27(2,3)4/h16-20,22,33H,5-15H2,1-4H3,(H,28,35)(H,29,37)(H,30,36)(H,31,38). The van der Waals surface area contributed by atoms with Crippen LogP contribution in [0.4, 0.5) is 4.79 Å². The van der Waals surface area contributed by atoms with Gasteiger partial charge in [-0.3, -0.25) is 19.2 Å². The zero-order valence-corrected chi connectivity index (χ0v) is 23.6. The SMILES string of the molecule is CC1CC(C(=O)NCC(O)C(=O)NC2CC2)N(C(=O)CNC(=O)C(NC(=O)OC(C)(C)C)C2CCCCC2)C1. The van der Waals surface area contributed by atoms with Crippen molar-refractivity contribution in [1.82, 2.24) is 26.2 Å². The monoisotopic (exact) mass is 551 g/mol. The highest BCUT2D eigenvalue weighted by Crippen LogP contribution is 2.27. The molecule has 1 saturated heterocycles. The van der Waals surface area contributed by atoms with Gasteiger partial charge in [0.2, 0.25) is 17.7 Å². The first-order valence-corrected chi connectivity index (χ1v) is 14.2. The molecular weight excluding hydrogens is 506 g/mol. The van der Waals surface area contributed by atoms with E-state index in [1.165, 1.54) is 4.90 Å². The number of nitrogens with one attached hydrogen (secondary N) is 4. The third kappa shape index (κ3) is 9.66. The Labute approximate surface area is 230 Å². The molecule has 39 heavy (non-hydrogen) atoms. The Kier molecular flexibility index (Phi) is 10.6. The van der Waals surface area contributed by atoms with Crippen molar-refractivity contribution < 1.29 is 33.8 Å². The first-order valence-electron chi connectivity index (χ1n) is 14.2. The predicted octanol–water partition coefficient (Wildman–Crippen LogP) is 0.569. The van der Waals surface area contributed by atoms with E-state index in [0.29, 0.717) is 13.0 Å². The van der Waals surface area contributed by atoms with Gasteiger partial charge in [0.05, 0.1) is 13.1 Å². The summed E-state index contributed by atoms with van der Waals surface area (Å²) in [6, 6.07) is -1.50. The van der Waals surface area contributed by atoms with Gasteiger partial charge < -0.3 is 36.0 Å². The lowest BCUT2D eigenvalue weighted by molar-refractivity contribution is -0.139. The van der Waals surface area contributed by atoms with Crippen LogP contribution in [0.5, 0.6) is 0 Å². The second-order valence-corrected chi connectivity index (χ2v) is 12.2. The molecule has 2 saturated carbocycles. The second kappa shape index (κ2) is 13.5. The molecule has 0 aromatic carbocycles. The highest BCUT2D eigenvalue weighted by atomic mass is 16.6. The minimum Gasteiger partial charge on any atom is -0.444 e. The van der Waals surface area contributed by atoms with Gasteiger partial charge in [-0.05, 0) is 64.7 Å². The van der Waals surface area contributed by atoms with Crippen molar-refractivity contribution >= 4 is 29.7 Å².